The molecule has 2 N–H and O–H groups in total. The molecule has 2 aliphatic rings. The number of amides is 4. The van der Waals surface area contributed by atoms with E-state index in [9.17, 15) is 24.0 Å². The summed E-state index contributed by atoms with van der Waals surface area (Å²) in [6, 6.07) is 9.04. The summed E-state index contributed by atoms with van der Waals surface area (Å²) in [5, 5.41) is 5.02. The second-order valence-electron chi connectivity index (χ2n) is 12.4. The molecule has 2 heterocycles. The van der Waals surface area contributed by atoms with Crippen LogP contribution in [-0.2, 0) is 35.2 Å². The smallest absolute Gasteiger partial charge is 0.410 e. The monoisotopic (exact) mass is 602 g/mol. The van der Waals surface area contributed by atoms with Gasteiger partial charge in [-0.15, -0.1) is 0 Å². The molecule has 0 radical (unpaired) electrons. The summed E-state index contributed by atoms with van der Waals surface area (Å²) in [5.74, 6) is -1.58. The Labute approximate surface area is 253 Å². The molecule has 0 spiro atoms. The molecule has 2 atom stereocenters. The number of likely N-dealkylation sites (tertiary alicyclic amines) is 2. The van der Waals surface area contributed by atoms with Gasteiger partial charge in [-0.25, -0.2) is 14.4 Å². The van der Waals surface area contributed by atoms with E-state index in [4.69, 9.17) is 14.2 Å². The number of rotatable bonds is 9. The first kappa shape index (κ1) is 33.7. The van der Waals surface area contributed by atoms with E-state index >= 15 is 0 Å². The van der Waals surface area contributed by atoms with Crippen molar-refractivity contribution in [3.05, 3.63) is 35.9 Å². The van der Waals surface area contributed by atoms with Gasteiger partial charge in [-0.1, -0.05) is 30.3 Å². The van der Waals surface area contributed by atoms with E-state index in [-0.39, 0.29) is 25.2 Å². The van der Waals surface area contributed by atoms with Crippen LogP contribution < -0.4 is 10.6 Å². The highest BCUT2D eigenvalue weighted by atomic mass is 16.6. The Morgan fingerprint density at radius 2 is 1.58 bits per heavy atom. The molecule has 4 amide bonds. The van der Waals surface area contributed by atoms with Crippen LogP contribution in [-0.4, -0.2) is 84.3 Å². The van der Waals surface area contributed by atoms with Crippen molar-refractivity contribution >= 4 is 30.0 Å². The molecular weight excluding hydrogens is 556 g/mol. The summed E-state index contributed by atoms with van der Waals surface area (Å²) in [7, 11) is 1.16. The second-order valence-corrected chi connectivity index (χ2v) is 12.4. The molecule has 0 saturated carbocycles. The van der Waals surface area contributed by atoms with Crippen molar-refractivity contribution in [2.45, 2.75) is 84.1 Å². The Hall–Kier alpha value is -3.83. The lowest BCUT2D eigenvalue weighted by atomic mass is 9.91. The van der Waals surface area contributed by atoms with Gasteiger partial charge in [0.05, 0.1) is 13.0 Å². The van der Waals surface area contributed by atoms with Gasteiger partial charge >= 0.3 is 18.2 Å². The number of hydrogen-bond donors (Lipinski definition) is 2. The molecule has 0 aromatic heterocycles. The van der Waals surface area contributed by atoms with Crippen LogP contribution in [0.3, 0.4) is 0 Å². The molecule has 0 unspecified atom stereocenters. The third-order valence-corrected chi connectivity index (χ3v) is 7.71. The fourth-order valence-corrected chi connectivity index (χ4v) is 5.28. The fourth-order valence-electron chi connectivity index (χ4n) is 5.28. The van der Waals surface area contributed by atoms with Crippen molar-refractivity contribution in [1.29, 1.82) is 0 Å². The number of carbonyl (C=O) groups excluding carboxylic acids is 5. The van der Waals surface area contributed by atoms with Gasteiger partial charge in [0, 0.05) is 32.6 Å². The molecule has 238 valence electrons. The highest BCUT2D eigenvalue weighted by Crippen LogP contribution is 2.25. The lowest BCUT2D eigenvalue weighted by Gasteiger charge is -2.36. The third-order valence-electron chi connectivity index (χ3n) is 7.71. The maximum atomic E-state index is 13.2. The van der Waals surface area contributed by atoms with Crippen molar-refractivity contribution in [1.82, 2.24) is 20.4 Å². The quantitative estimate of drug-likeness (QED) is 0.248. The van der Waals surface area contributed by atoms with E-state index < -0.39 is 35.2 Å². The highest BCUT2D eigenvalue weighted by molar-refractivity contribution is 5.91. The molecule has 0 bridgehead atoms. The van der Waals surface area contributed by atoms with Crippen LogP contribution in [0.2, 0.25) is 0 Å². The van der Waals surface area contributed by atoms with Crippen LogP contribution in [0.25, 0.3) is 0 Å². The number of carbonyl (C=O) groups is 5. The number of benzene rings is 1. The number of alkyl carbamates (subject to hydrolysis) is 1. The van der Waals surface area contributed by atoms with E-state index in [2.05, 4.69) is 10.6 Å². The number of methoxy groups -OCH3 is 1. The van der Waals surface area contributed by atoms with E-state index in [0.717, 1.165) is 25.5 Å². The average Bonchev–Trinajstić information content (AvgIpc) is 2.98. The third kappa shape index (κ3) is 10.4. The van der Waals surface area contributed by atoms with E-state index in [0.29, 0.717) is 51.2 Å². The maximum absolute atomic E-state index is 13.2. The van der Waals surface area contributed by atoms with Crippen LogP contribution >= 0.6 is 0 Å². The van der Waals surface area contributed by atoms with Gasteiger partial charge in [-0.05, 0) is 71.3 Å². The standard InChI is InChI=1S/C31H46N4O8/c1-30(2,3)43-29(40)34-18-15-22(16-19-34)13-14-25(36)35-17-9-12-24(20-35)26(37)32-31(4,27(38)41-5)33-28(39)42-21-23-10-7-6-8-11-23/h6-8,10-11,22,24H,9,12-21H2,1-5H3,(H,32,37)(H,33,39)/t24-,31-/m1/s1. The minimum Gasteiger partial charge on any atom is -0.466 e. The molecule has 1 aromatic carbocycles. The maximum Gasteiger partial charge on any atom is 0.410 e. The largest absolute Gasteiger partial charge is 0.466 e. The summed E-state index contributed by atoms with van der Waals surface area (Å²) in [4.78, 5) is 67.1. The summed E-state index contributed by atoms with van der Waals surface area (Å²) in [6.07, 6.45) is 2.67. The summed E-state index contributed by atoms with van der Waals surface area (Å²) in [5.41, 5.74) is -1.63. The van der Waals surface area contributed by atoms with Crippen molar-refractivity contribution < 1.29 is 38.2 Å². The van der Waals surface area contributed by atoms with Gasteiger partial charge in [-0.2, -0.15) is 0 Å². The minimum absolute atomic E-state index is 0.0135. The number of ether oxygens (including phenoxy) is 3. The summed E-state index contributed by atoms with van der Waals surface area (Å²) < 4.78 is 15.5. The number of esters is 1. The highest BCUT2D eigenvalue weighted by Gasteiger charge is 2.41. The Bertz CT molecular complexity index is 1130. The first-order chi connectivity index (χ1) is 20.3. The van der Waals surface area contributed by atoms with Crippen molar-refractivity contribution in [3.8, 4) is 0 Å². The Balaban J connectivity index is 1.47. The van der Waals surface area contributed by atoms with E-state index in [1.54, 1.807) is 21.9 Å². The molecule has 1 aromatic rings. The van der Waals surface area contributed by atoms with Gasteiger partial charge in [0.1, 0.15) is 12.2 Å². The lowest BCUT2D eigenvalue weighted by molar-refractivity contribution is -0.152. The van der Waals surface area contributed by atoms with Crippen molar-refractivity contribution in [3.63, 3.8) is 0 Å². The van der Waals surface area contributed by atoms with Gasteiger partial charge < -0.3 is 29.3 Å². The first-order valence-electron chi connectivity index (χ1n) is 14.9. The number of hydrogen-bond acceptors (Lipinski definition) is 8. The molecule has 12 heteroatoms. The summed E-state index contributed by atoms with van der Waals surface area (Å²) >= 11 is 0. The van der Waals surface area contributed by atoms with Gasteiger partial charge in [0.25, 0.3) is 0 Å². The molecule has 12 nitrogen and oxygen atoms in total. The predicted octanol–water partition coefficient (Wildman–Crippen LogP) is 3.58. The van der Waals surface area contributed by atoms with Crippen LogP contribution in [0.1, 0.15) is 71.8 Å². The molecule has 0 aliphatic carbocycles. The molecule has 2 fully saturated rings. The number of nitrogens with zero attached hydrogens (tertiary/aromatic N) is 2. The average molecular weight is 603 g/mol. The normalized spacial score (nSPS) is 19.0. The van der Waals surface area contributed by atoms with Crippen LogP contribution in [0, 0.1) is 11.8 Å². The molecule has 43 heavy (non-hydrogen) atoms. The second kappa shape index (κ2) is 15.1. The fraction of sp³-hybridized carbons (Fsp3) is 0.645. The first-order valence-corrected chi connectivity index (χ1v) is 14.9. The molecule has 3 rings (SSSR count). The van der Waals surface area contributed by atoms with Gasteiger partial charge in [-0.3, -0.25) is 14.9 Å². The van der Waals surface area contributed by atoms with Crippen LogP contribution in [0.5, 0.6) is 0 Å². The topological polar surface area (TPSA) is 144 Å². The zero-order valence-corrected chi connectivity index (χ0v) is 26.0. The number of nitrogens with one attached hydrogen (secondary N) is 2. The van der Waals surface area contributed by atoms with Gasteiger partial charge in [0.2, 0.25) is 17.5 Å². The zero-order valence-electron chi connectivity index (χ0n) is 26.0. The minimum atomic E-state index is -1.86. The van der Waals surface area contributed by atoms with E-state index in [1.165, 1.54) is 6.92 Å². The summed E-state index contributed by atoms with van der Waals surface area (Å²) in [6.45, 7) is 8.83. The number of piperidine rings is 2. The Morgan fingerprint density at radius 1 is 0.907 bits per heavy atom. The molecular formula is C31H46N4O8. The lowest BCUT2D eigenvalue weighted by Crippen LogP contribution is -2.65. The van der Waals surface area contributed by atoms with Crippen molar-refractivity contribution in [2.24, 2.45) is 11.8 Å². The van der Waals surface area contributed by atoms with Gasteiger partial charge in [0.15, 0.2) is 0 Å². The SMILES string of the molecule is COC(=O)[C@@](C)(NC(=O)OCc1ccccc1)NC(=O)[C@@H]1CCCN(C(=O)CCC2CCN(C(=O)OC(C)(C)C)CC2)C1. The molecule has 2 saturated heterocycles. The predicted molar refractivity (Wildman–Crippen MR) is 157 cm³/mol. The molecule has 2 aliphatic heterocycles. The van der Waals surface area contributed by atoms with Crippen molar-refractivity contribution in [2.75, 3.05) is 33.3 Å². The van der Waals surface area contributed by atoms with Crippen LogP contribution in [0.4, 0.5) is 9.59 Å². The Kier molecular flexibility index (Phi) is 11.8. The zero-order chi connectivity index (χ0) is 31.6. The van der Waals surface area contributed by atoms with E-state index in [1.807, 2.05) is 39.0 Å². The van der Waals surface area contributed by atoms with Crippen LogP contribution in [0.15, 0.2) is 30.3 Å². The Morgan fingerprint density at radius 3 is 2.21 bits per heavy atom.